The SMILES string of the molecule is CN(C)C(=O)Nc1cccc(C(F)(F)F)c1.[H-].[Na+]. The molecule has 0 aliphatic rings. The molecule has 0 radical (unpaired) electrons. The first-order chi connectivity index (χ1) is 7.30. The molecule has 0 aliphatic carbocycles. The quantitative estimate of drug-likeness (QED) is 0.700. The number of anilines is 1. The summed E-state index contributed by atoms with van der Waals surface area (Å²) in [7, 11) is 3.01. The van der Waals surface area contributed by atoms with Crippen LogP contribution in [0.25, 0.3) is 0 Å². The Bertz CT molecular complexity index is 399. The Labute approximate surface area is 121 Å². The molecule has 2 amide bonds. The van der Waals surface area contributed by atoms with Crippen molar-refractivity contribution in [1.29, 1.82) is 0 Å². The van der Waals surface area contributed by atoms with E-state index in [0.717, 1.165) is 12.1 Å². The van der Waals surface area contributed by atoms with Crippen molar-refractivity contribution in [2.24, 2.45) is 0 Å². The number of hydrogen-bond donors (Lipinski definition) is 1. The molecule has 0 spiro atoms. The van der Waals surface area contributed by atoms with Crippen molar-refractivity contribution in [3.05, 3.63) is 29.8 Å². The number of halogens is 3. The van der Waals surface area contributed by atoms with E-state index in [1.165, 1.54) is 31.1 Å². The second kappa shape index (κ2) is 6.28. The van der Waals surface area contributed by atoms with Crippen molar-refractivity contribution < 1.29 is 48.9 Å². The summed E-state index contributed by atoms with van der Waals surface area (Å²) in [5.74, 6) is 0. The Hall–Kier alpha value is -0.720. The third kappa shape index (κ3) is 4.97. The van der Waals surface area contributed by atoms with Gasteiger partial charge in [0.05, 0.1) is 5.56 Å². The molecule has 1 N–H and O–H groups in total. The predicted molar refractivity (Wildman–Crippen MR) is 55.3 cm³/mol. The molecular weight excluding hydrogens is 244 g/mol. The number of urea groups is 1. The summed E-state index contributed by atoms with van der Waals surface area (Å²) in [6.45, 7) is 0. The Morgan fingerprint density at radius 2 is 1.94 bits per heavy atom. The normalized spacial score (nSPS) is 10.4. The molecule has 0 unspecified atom stereocenters. The molecule has 0 saturated carbocycles. The molecule has 0 bridgehead atoms. The third-order valence-electron chi connectivity index (χ3n) is 1.85. The van der Waals surface area contributed by atoms with Crippen LogP contribution in [0.2, 0.25) is 0 Å². The monoisotopic (exact) mass is 256 g/mol. The van der Waals surface area contributed by atoms with Gasteiger partial charge in [-0.1, -0.05) is 6.07 Å². The molecule has 7 heteroatoms. The van der Waals surface area contributed by atoms with Crippen LogP contribution in [0.15, 0.2) is 24.3 Å². The molecule has 1 aromatic rings. The minimum atomic E-state index is -4.40. The molecule has 1 aromatic carbocycles. The van der Waals surface area contributed by atoms with Crippen LogP contribution in [0, 0.1) is 0 Å². The summed E-state index contributed by atoms with van der Waals surface area (Å²) in [5.41, 5.74) is -0.669. The number of carbonyl (C=O) groups is 1. The Morgan fingerprint density at radius 3 is 2.41 bits per heavy atom. The Balaban J connectivity index is 0. The van der Waals surface area contributed by atoms with E-state index in [2.05, 4.69) is 5.32 Å². The second-order valence-electron chi connectivity index (χ2n) is 3.40. The van der Waals surface area contributed by atoms with Crippen LogP contribution in [0.1, 0.15) is 6.99 Å². The Kier molecular flexibility index (Phi) is 6.01. The smallest absolute Gasteiger partial charge is 1.00 e. The van der Waals surface area contributed by atoms with Crippen molar-refractivity contribution >= 4 is 11.7 Å². The predicted octanol–water partition coefficient (Wildman–Crippen LogP) is -0.0846. The number of carbonyl (C=O) groups excluding carboxylic acids is 1. The number of benzene rings is 1. The number of nitrogens with zero attached hydrogens (tertiary/aromatic N) is 1. The fraction of sp³-hybridized carbons (Fsp3) is 0.300. The van der Waals surface area contributed by atoms with E-state index < -0.39 is 17.8 Å². The van der Waals surface area contributed by atoms with Gasteiger partial charge in [-0.15, -0.1) is 0 Å². The van der Waals surface area contributed by atoms with Gasteiger partial charge in [0.25, 0.3) is 0 Å². The van der Waals surface area contributed by atoms with Crippen LogP contribution in [0.3, 0.4) is 0 Å². The van der Waals surface area contributed by atoms with E-state index in [9.17, 15) is 18.0 Å². The summed E-state index contributed by atoms with van der Waals surface area (Å²) >= 11 is 0. The van der Waals surface area contributed by atoms with Crippen LogP contribution in [-0.4, -0.2) is 25.0 Å². The number of nitrogens with one attached hydrogen (secondary N) is 1. The van der Waals surface area contributed by atoms with Gasteiger partial charge in [0.1, 0.15) is 0 Å². The van der Waals surface area contributed by atoms with Gasteiger partial charge in [0.15, 0.2) is 0 Å². The first kappa shape index (κ1) is 16.3. The summed E-state index contributed by atoms with van der Waals surface area (Å²) in [6, 6.07) is 4.01. The van der Waals surface area contributed by atoms with Gasteiger partial charge in [-0.3, -0.25) is 0 Å². The van der Waals surface area contributed by atoms with Gasteiger partial charge in [-0.2, -0.15) is 13.2 Å². The van der Waals surface area contributed by atoms with Crippen molar-refractivity contribution in [2.75, 3.05) is 19.4 Å². The minimum Gasteiger partial charge on any atom is -1.00 e. The van der Waals surface area contributed by atoms with Gasteiger partial charge < -0.3 is 11.6 Å². The first-order valence-corrected chi connectivity index (χ1v) is 4.46. The van der Waals surface area contributed by atoms with Gasteiger partial charge in [0, 0.05) is 19.8 Å². The summed E-state index contributed by atoms with van der Waals surface area (Å²) in [4.78, 5) is 12.4. The summed E-state index contributed by atoms with van der Waals surface area (Å²) in [6.07, 6.45) is -4.40. The van der Waals surface area contributed by atoms with Crippen LogP contribution in [0.5, 0.6) is 0 Å². The molecule has 17 heavy (non-hydrogen) atoms. The van der Waals surface area contributed by atoms with Crippen LogP contribution in [-0.2, 0) is 6.18 Å². The first-order valence-electron chi connectivity index (χ1n) is 4.46. The fourth-order valence-electron chi connectivity index (χ4n) is 1.01. The summed E-state index contributed by atoms with van der Waals surface area (Å²) in [5, 5.41) is 2.34. The number of rotatable bonds is 1. The number of alkyl halides is 3. The molecule has 0 aromatic heterocycles. The zero-order valence-electron chi connectivity index (χ0n) is 10.8. The van der Waals surface area contributed by atoms with E-state index in [4.69, 9.17) is 0 Å². The van der Waals surface area contributed by atoms with Gasteiger partial charge in [-0.25, -0.2) is 4.79 Å². The van der Waals surface area contributed by atoms with Crippen LogP contribution in [0.4, 0.5) is 23.7 Å². The van der Waals surface area contributed by atoms with E-state index in [1.807, 2.05) is 0 Å². The van der Waals surface area contributed by atoms with Crippen LogP contribution < -0.4 is 34.9 Å². The van der Waals surface area contributed by atoms with Gasteiger partial charge in [-0.05, 0) is 18.2 Å². The third-order valence-corrected chi connectivity index (χ3v) is 1.85. The molecule has 3 nitrogen and oxygen atoms in total. The van der Waals surface area contributed by atoms with E-state index in [-0.39, 0.29) is 36.7 Å². The van der Waals surface area contributed by atoms with Crippen molar-refractivity contribution in [1.82, 2.24) is 4.90 Å². The zero-order chi connectivity index (χ0) is 12.3. The molecule has 0 saturated heterocycles. The molecule has 0 aliphatic heterocycles. The fourth-order valence-corrected chi connectivity index (χ4v) is 1.01. The van der Waals surface area contributed by atoms with E-state index >= 15 is 0 Å². The molecule has 0 atom stereocenters. The Morgan fingerprint density at radius 1 is 1.35 bits per heavy atom. The second-order valence-corrected chi connectivity index (χ2v) is 3.40. The molecule has 0 fully saturated rings. The molecular formula is C10H12F3N2NaO. The topological polar surface area (TPSA) is 32.3 Å². The molecule has 1 rings (SSSR count). The minimum absolute atomic E-state index is 0. The van der Waals surface area contributed by atoms with Gasteiger partial charge in [0.2, 0.25) is 0 Å². The number of amides is 2. The molecule has 90 valence electrons. The van der Waals surface area contributed by atoms with E-state index in [1.54, 1.807) is 0 Å². The zero-order valence-corrected chi connectivity index (χ0v) is 11.8. The maximum atomic E-state index is 12.3. The van der Waals surface area contributed by atoms with Crippen molar-refractivity contribution in [3.63, 3.8) is 0 Å². The average molecular weight is 256 g/mol. The van der Waals surface area contributed by atoms with Gasteiger partial charge >= 0.3 is 41.8 Å². The standard InChI is InChI=1S/C10H11F3N2O.Na.H/c1-15(2)9(16)14-8-5-3-4-7(6-8)10(11,12)13;;/h3-6H,1-2H3,(H,14,16);;/q;+1;-1. The summed E-state index contributed by atoms with van der Waals surface area (Å²) < 4.78 is 37.0. The van der Waals surface area contributed by atoms with E-state index in [0.29, 0.717) is 0 Å². The van der Waals surface area contributed by atoms with Crippen molar-refractivity contribution in [3.8, 4) is 0 Å². The number of hydrogen-bond acceptors (Lipinski definition) is 1. The average Bonchev–Trinajstić information content (AvgIpc) is 2.16. The maximum absolute atomic E-state index is 12.3. The molecule has 0 heterocycles. The maximum Gasteiger partial charge on any atom is 1.00 e. The largest absolute Gasteiger partial charge is 1.00 e. The van der Waals surface area contributed by atoms with Crippen molar-refractivity contribution in [2.45, 2.75) is 6.18 Å². The van der Waals surface area contributed by atoms with Crippen LogP contribution >= 0.6 is 0 Å².